The predicted octanol–water partition coefficient (Wildman–Crippen LogP) is 6.15. The van der Waals surface area contributed by atoms with E-state index in [1.807, 2.05) is 31.2 Å². The molecule has 0 aliphatic rings. The van der Waals surface area contributed by atoms with Crippen molar-refractivity contribution < 1.29 is 0 Å². The van der Waals surface area contributed by atoms with Gasteiger partial charge >= 0.3 is 0 Å². The molecule has 1 N–H and O–H groups in total. The van der Waals surface area contributed by atoms with Crippen molar-refractivity contribution in [2.24, 2.45) is 0 Å². The minimum absolute atomic E-state index is 0.106. The summed E-state index contributed by atoms with van der Waals surface area (Å²) >= 11 is 24.0. The highest BCUT2D eigenvalue weighted by Crippen LogP contribution is 2.27. The molecule has 0 radical (unpaired) electrons. The number of hydrogen-bond acceptors (Lipinski definition) is 1. The summed E-state index contributed by atoms with van der Waals surface area (Å²) in [4.78, 5) is 0. The Morgan fingerprint density at radius 3 is 2.30 bits per heavy atom. The highest BCUT2D eigenvalue weighted by molar-refractivity contribution is 6.42. The molecule has 1 atom stereocenters. The van der Waals surface area contributed by atoms with Gasteiger partial charge in [-0.2, -0.15) is 0 Å². The van der Waals surface area contributed by atoms with E-state index < -0.39 is 0 Å². The third-order valence-corrected chi connectivity index (χ3v) is 4.33. The van der Waals surface area contributed by atoms with Gasteiger partial charge in [0, 0.05) is 22.6 Å². The van der Waals surface area contributed by atoms with Gasteiger partial charge in [0.25, 0.3) is 0 Å². The fourth-order valence-corrected chi connectivity index (χ4v) is 2.78. The summed E-state index contributed by atoms with van der Waals surface area (Å²) in [6.07, 6.45) is 0. The summed E-state index contributed by atoms with van der Waals surface area (Å²) in [6.45, 7) is 2.73. The van der Waals surface area contributed by atoms with Crippen LogP contribution in [0, 0.1) is 0 Å². The molecule has 1 unspecified atom stereocenters. The van der Waals surface area contributed by atoms with Crippen molar-refractivity contribution in [1.82, 2.24) is 5.32 Å². The molecule has 0 saturated carbocycles. The largest absolute Gasteiger partial charge is 0.306 e. The topological polar surface area (TPSA) is 12.0 Å². The molecule has 5 heteroatoms. The van der Waals surface area contributed by atoms with Crippen LogP contribution in [0.5, 0.6) is 0 Å². The Bertz CT molecular complexity index is 613. The lowest BCUT2D eigenvalue weighted by Gasteiger charge is -2.16. The van der Waals surface area contributed by atoms with Crippen molar-refractivity contribution >= 4 is 46.4 Å². The molecule has 2 aromatic carbocycles. The highest BCUT2D eigenvalue weighted by atomic mass is 35.5. The van der Waals surface area contributed by atoms with E-state index in [4.69, 9.17) is 46.4 Å². The van der Waals surface area contributed by atoms with Crippen molar-refractivity contribution in [3.8, 4) is 0 Å². The summed E-state index contributed by atoms with van der Waals surface area (Å²) in [7, 11) is 0. The fraction of sp³-hybridized carbons (Fsp3) is 0.200. The Hall–Kier alpha value is -0.440. The fourth-order valence-electron chi connectivity index (χ4n) is 1.88. The summed E-state index contributed by atoms with van der Waals surface area (Å²) in [6, 6.07) is 11.2. The lowest BCUT2D eigenvalue weighted by molar-refractivity contribution is 0.575. The maximum absolute atomic E-state index is 6.19. The van der Waals surface area contributed by atoms with E-state index in [9.17, 15) is 0 Å². The van der Waals surface area contributed by atoms with Crippen molar-refractivity contribution in [3.05, 3.63) is 67.6 Å². The quantitative estimate of drug-likeness (QED) is 0.698. The van der Waals surface area contributed by atoms with Crippen LogP contribution >= 0.6 is 46.4 Å². The lowest BCUT2D eigenvalue weighted by atomic mass is 10.1. The van der Waals surface area contributed by atoms with Gasteiger partial charge in [-0.15, -0.1) is 0 Å². The van der Waals surface area contributed by atoms with Crippen LogP contribution < -0.4 is 5.32 Å². The van der Waals surface area contributed by atoms with Gasteiger partial charge in [0.15, 0.2) is 0 Å². The molecule has 1 nitrogen and oxygen atoms in total. The Kier molecular flexibility index (Phi) is 5.59. The maximum atomic E-state index is 6.19. The van der Waals surface area contributed by atoms with Crippen LogP contribution in [0.3, 0.4) is 0 Å². The molecular weight excluding hydrogens is 336 g/mol. The standard InChI is InChI=1S/C15H13Cl4N/c1-9(12-4-3-11(16)7-14(12)18)20-8-10-2-5-13(17)15(19)6-10/h2-7,9,20H,8H2,1H3. The third kappa shape index (κ3) is 4.03. The van der Waals surface area contributed by atoms with Gasteiger partial charge in [0.05, 0.1) is 10.0 Å². The molecule has 106 valence electrons. The number of halogens is 4. The van der Waals surface area contributed by atoms with Crippen LogP contribution in [-0.2, 0) is 6.54 Å². The summed E-state index contributed by atoms with van der Waals surface area (Å²) < 4.78 is 0. The predicted molar refractivity (Wildman–Crippen MR) is 88.2 cm³/mol. The molecule has 2 rings (SSSR count). The summed E-state index contributed by atoms with van der Waals surface area (Å²) in [5.41, 5.74) is 2.08. The smallest absolute Gasteiger partial charge is 0.0595 e. The van der Waals surface area contributed by atoms with Crippen LogP contribution in [0.15, 0.2) is 36.4 Å². The monoisotopic (exact) mass is 347 g/mol. The molecule has 0 bridgehead atoms. The molecule has 0 amide bonds. The number of benzene rings is 2. The summed E-state index contributed by atoms with van der Waals surface area (Å²) in [5, 5.41) is 5.80. The second-order valence-corrected chi connectivity index (χ2v) is 6.17. The first kappa shape index (κ1) is 15.9. The number of rotatable bonds is 4. The van der Waals surface area contributed by atoms with Gasteiger partial charge in [0.1, 0.15) is 0 Å². The van der Waals surface area contributed by atoms with Crippen molar-refractivity contribution in [2.45, 2.75) is 19.5 Å². The van der Waals surface area contributed by atoms with E-state index in [0.717, 1.165) is 11.1 Å². The van der Waals surface area contributed by atoms with Crippen molar-refractivity contribution in [1.29, 1.82) is 0 Å². The summed E-state index contributed by atoms with van der Waals surface area (Å²) in [5.74, 6) is 0. The van der Waals surface area contributed by atoms with Crippen LogP contribution in [-0.4, -0.2) is 0 Å². The molecule has 0 saturated heterocycles. The van der Waals surface area contributed by atoms with Gasteiger partial charge < -0.3 is 5.32 Å². The van der Waals surface area contributed by atoms with Crippen LogP contribution in [0.25, 0.3) is 0 Å². The van der Waals surface area contributed by atoms with Crippen LogP contribution in [0.1, 0.15) is 24.1 Å². The Labute approximate surface area is 138 Å². The first-order valence-electron chi connectivity index (χ1n) is 6.09. The molecule has 0 spiro atoms. The van der Waals surface area contributed by atoms with E-state index in [-0.39, 0.29) is 6.04 Å². The first-order valence-corrected chi connectivity index (χ1v) is 7.61. The van der Waals surface area contributed by atoms with Crippen molar-refractivity contribution in [3.63, 3.8) is 0 Å². The van der Waals surface area contributed by atoms with Gasteiger partial charge in [-0.25, -0.2) is 0 Å². The van der Waals surface area contributed by atoms with Gasteiger partial charge in [-0.3, -0.25) is 0 Å². The molecule has 2 aromatic rings. The van der Waals surface area contributed by atoms with E-state index in [2.05, 4.69) is 5.32 Å². The minimum atomic E-state index is 0.106. The molecular formula is C15H13Cl4N. The Morgan fingerprint density at radius 1 is 0.900 bits per heavy atom. The average molecular weight is 349 g/mol. The first-order chi connectivity index (χ1) is 9.47. The molecule has 0 fully saturated rings. The van der Waals surface area contributed by atoms with E-state index >= 15 is 0 Å². The second kappa shape index (κ2) is 7.02. The van der Waals surface area contributed by atoms with E-state index in [1.165, 1.54) is 0 Å². The SMILES string of the molecule is CC(NCc1ccc(Cl)c(Cl)c1)c1ccc(Cl)cc1Cl. The number of nitrogens with one attached hydrogen (secondary N) is 1. The van der Waals surface area contributed by atoms with Gasteiger partial charge in [-0.1, -0.05) is 58.5 Å². The maximum Gasteiger partial charge on any atom is 0.0595 e. The van der Waals surface area contributed by atoms with Crippen LogP contribution in [0.2, 0.25) is 20.1 Å². The average Bonchev–Trinajstić information content (AvgIpc) is 2.40. The molecule has 0 heterocycles. The van der Waals surface area contributed by atoms with Gasteiger partial charge in [0.2, 0.25) is 0 Å². The molecule has 0 aliphatic carbocycles. The Balaban J connectivity index is 2.04. The van der Waals surface area contributed by atoms with Crippen molar-refractivity contribution in [2.75, 3.05) is 0 Å². The van der Waals surface area contributed by atoms with Gasteiger partial charge in [-0.05, 0) is 42.3 Å². The normalized spacial score (nSPS) is 12.4. The molecule has 20 heavy (non-hydrogen) atoms. The lowest BCUT2D eigenvalue weighted by Crippen LogP contribution is -2.18. The zero-order valence-electron chi connectivity index (χ0n) is 10.8. The van der Waals surface area contributed by atoms with Crippen LogP contribution in [0.4, 0.5) is 0 Å². The third-order valence-electron chi connectivity index (χ3n) is 3.03. The van der Waals surface area contributed by atoms with E-state index in [1.54, 1.807) is 12.1 Å². The highest BCUT2D eigenvalue weighted by Gasteiger charge is 2.10. The van der Waals surface area contributed by atoms with E-state index in [0.29, 0.717) is 26.6 Å². The molecule has 0 aromatic heterocycles. The zero-order valence-corrected chi connectivity index (χ0v) is 13.8. The molecule has 0 aliphatic heterocycles. The Morgan fingerprint density at radius 2 is 1.65 bits per heavy atom. The minimum Gasteiger partial charge on any atom is -0.306 e. The number of hydrogen-bond donors (Lipinski definition) is 1. The zero-order chi connectivity index (χ0) is 14.7. The second-order valence-electron chi connectivity index (χ2n) is 4.52.